The van der Waals surface area contributed by atoms with Gasteiger partial charge in [0.1, 0.15) is 6.04 Å². The number of carbonyl (C=O) groups is 1. The average molecular weight is 163 g/mol. The standard InChI is InChI=1S/C7H14FNO2/c1-2-3-4-9-6(5-10)7(8)11/h6,9-10H,2-5H2,1H3. The first kappa shape index (κ1) is 10.5. The van der Waals surface area contributed by atoms with Crippen molar-refractivity contribution in [3.05, 3.63) is 0 Å². The quantitative estimate of drug-likeness (QED) is 0.435. The van der Waals surface area contributed by atoms with Gasteiger partial charge >= 0.3 is 6.04 Å². The molecule has 0 aliphatic carbocycles. The van der Waals surface area contributed by atoms with Crippen LogP contribution in [-0.4, -0.2) is 30.3 Å². The van der Waals surface area contributed by atoms with Crippen molar-refractivity contribution in [1.82, 2.24) is 5.32 Å². The van der Waals surface area contributed by atoms with E-state index in [-0.39, 0.29) is 0 Å². The summed E-state index contributed by atoms with van der Waals surface area (Å²) in [6.45, 7) is 2.09. The predicted octanol–water partition coefficient (Wildman–Crippen LogP) is 0.233. The summed E-state index contributed by atoms with van der Waals surface area (Å²) in [5.74, 6) is 0. The summed E-state index contributed by atoms with van der Waals surface area (Å²) in [4.78, 5) is 10.1. The highest BCUT2D eigenvalue weighted by atomic mass is 19.1. The third-order valence-electron chi connectivity index (χ3n) is 1.38. The number of carbonyl (C=O) groups excluding carboxylic acids is 1. The molecule has 0 spiro atoms. The first-order chi connectivity index (χ1) is 5.22. The van der Waals surface area contributed by atoms with Crippen LogP contribution in [0.15, 0.2) is 0 Å². The lowest BCUT2D eigenvalue weighted by atomic mass is 10.3. The zero-order valence-corrected chi connectivity index (χ0v) is 6.64. The summed E-state index contributed by atoms with van der Waals surface area (Å²) >= 11 is 0. The number of halogens is 1. The molecule has 2 N–H and O–H groups in total. The maximum atomic E-state index is 11.9. The van der Waals surface area contributed by atoms with Crippen molar-refractivity contribution in [1.29, 1.82) is 0 Å². The smallest absolute Gasteiger partial charge is 0.320 e. The molecule has 0 rings (SSSR count). The monoisotopic (exact) mass is 163 g/mol. The van der Waals surface area contributed by atoms with Crippen LogP contribution in [0.1, 0.15) is 19.8 Å². The lowest BCUT2D eigenvalue weighted by molar-refractivity contribution is -0.132. The molecule has 4 heteroatoms. The van der Waals surface area contributed by atoms with Gasteiger partial charge in [0, 0.05) is 0 Å². The Hall–Kier alpha value is -0.480. The lowest BCUT2D eigenvalue weighted by Crippen LogP contribution is -2.38. The van der Waals surface area contributed by atoms with Crippen molar-refractivity contribution in [3.8, 4) is 0 Å². The van der Waals surface area contributed by atoms with Gasteiger partial charge in [-0.3, -0.25) is 4.79 Å². The zero-order valence-electron chi connectivity index (χ0n) is 6.64. The fourth-order valence-corrected chi connectivity index (χ4v) is 0.670. The SMILES string of the molecule is CCCCNC(CO)C(=O)F. The van der Waals surface area contributed by atoms with Crippen molar-refractivity contribution in [2.45, 2.75) is 25.8 Å². The molecule has 0 heterocycles. The van der Waals surface area contributed by atoms with Crippen molar-refractivity contribution in [2.75, 3.05) is 13.2 Å². The lowest BCUT2D eigenvalue weighted by Gasteiger charge is -2.09. The molecule has 3 nitrogen and oxygen atoms in total. The number of unbranched alkanes of at least 4 members (excludes halogenated alkanes) is 1. The number of aliphatic hydroxyl groups is 1. The molecule has 0 fully saturated rings. The summed E-state index contributed by atoms with van der Waals surface area (Å²) in [6.07, 6.45) is 1.86. The molecule has 1 unspecified atom stereocenters. The molecule has 0 amide bonds. The Balaban J connectivity index is 3.44. The topological polar surface area (TPSA) is 49.3 Å². The summed E-state index contributed by atoms with van der Waals surface area (Å²) in [5, 5.41) is 11.1. The fraction of sp³-hybridized carbons (Fsp3) is 0.857. The highest BCUT2D eigenvalue weighted by molar-refractivity contribution is 5.74. The van der Waals surface area contributed by atoms with Gasteiger partial charge in [-0.2, -0.15) is 4.39 Å². The Bertz CT molecular complexity index is 119. The second-order valence-corrected chi connectivity index (χ2v) is 2.35. The molecule has 0 radical (unpaired) electrons. The van der Waals surface area contributed by atoms with E-state index >= 15 is 0 Å². The van der Waals surface area contributed by atoms with Crippen molar-refractivity contribution >= 4 is 6.04 Å². The Kier molecular flexibility index (Phi) is 5.97. The molecule has 0 aromatic heterocycles. The molecule has 0 saturated carbocycles. The minimum absolute atomic E-state index is 0.473. The van der Waals surface area contributed by atoms with Gasteiger partial charge in [0.25, 0.3) is 0 Å². The van der Waals surface area contributed by atoms with E-state index in [0.717, 1.165) is 12.8 Å². The molecular formula is C7H14FNO2. The molecule has 11 heavy (non-hydrogen) atoms. The minimum Gasteiger partial charge on any atom is -0.394 e. The van der Waals surface area contributed by atoms with Crippen molar-refractivity contribution in [3.63, 3.8) is 0 Å². The van der Waals surface area contributed by atoms with Gasteiger partial charge < -0.3 is 10.4 Å². The first-order valence-electron chi connectivity index (χ1n) is 3.76. The second-order valence-electron chi connectivity index (χ2n) is 2.35. The molecule has 0 bridgehead atoms. The number of hydrogen-bond donors (Lipinski definition) is 2. The Morgan fingerprint density at radius 2 is 2.36 bits per heavy atom. The molecular weight excluding hydrogens is 149 g/mol. The summed E-state index contributed by atoms with van der Waals surface area (Å²) < 4.78 is 11.9. The normalized spacial score (nSPS) is 13.0. The zero-order chi connectivity index (χ0) is 8.69. The van der Waals surface area contributed by atoms with Crippen LogP contribution in [0, 0.1) is 0 Å². The summed E-state index contributed by atoms with van der Waals surface area (Å²) in [5.41, 5.74) is 0. The van der Waals surface area contributed by atoms with Crippen LogP contribution < -0.4 is 5.32 Å². The van der Waals surface area contributed by atoms with E-state index in [9.17, 15) is 9.18 Å². The van der Waals surface area contributed by atoms with E-state index in [1.807, 2.05) is 6.92 Å². The molecule has 0 saturated heterocycles. The van der Waals surface area contributed by atoms with Crippen LogP contribution in [-0.2, 0) is 4.79 Å². The third-order valence-corrected chi connectivity index (χ3v) is 1.38. The highest BCUT2D eigenvalue weighted by Crippen LogP contribution is 1.89. The van der Waals surface area contributed by atoms with Gasteiger partial charge in [0.2, 0.25) is 0 Å². The van der Waals surface area contributed by atoms with E-state index in [2.05, 4.69) is 5.32 Å². The average Bonchev–Trinajstić information content (AvgIpc) is 1.97. The van der Waals surface area contributed by atoms with Crippen LogP contribution in [0.5, 0.6) is 0 Å². The number of nitrogens with one attached hydrogen (secondary N) is 1. The third kappa shape index (κ3) is 4.86. The van der Waals surface area contributed by atoms with E-state index in [4.69, 9.17) is 5.11 Å². The maximum Gasteiger partial charge on any atom is 0.320 e. The fourth-order valence-electron chi connectivity index (χ4n) is 0.670. The number of aliphatic hydroxyl groups excluding tert-OH is 1. The Morgan fingerprint density at radius 3 is 2.73 bits per heavy atom. The number of rotatable bonds is 6. The molecule has 66 valence electrons. The van der Waals surface area contributed by atoms with E-state index in [1.165, 1.54) is 0 Å². The van der Waals surface area contributed by atoms with Gasteiger partial charge in [0.15, 0.2) is 0 Å². The Labute approximate surface area is 65.6 Å². The molecule has 1 atom stereocenters. The molecule has 0 aromatic carbocycles. The van der Waals surface area contributed by atoms with E-state index < -0.39 is 18.7 Å². The van der Waals surface area contributed by atoms with E-state index in [0.29, 0.717) is 6.54 Å². The largest absolute Gasteiger partial charge is 0.394 e. The van der Waals surface area contributed by atoms with Gasteiger partial charge in [-0.05, 0) is 13.0 Å². The first-order valence-corrected chi connectivity index (χ1v) is 3.76. The van der Waals surface area contributed by atoms with Crippen LogP contribution >= 0.6 is 0 Å². The van der Waals surface area contributed by atoms with Crippen LogP contribution in [0.4, 0.5) is 4.39 Å². The Morgan fingerprint density at radius 1 is 1.73 bits per heavy atom. The number of hydrogen-bond acceptors (Lipinski definition) is 3. The van der Waals surface area contributed by atoms with Gasteiger partial charge in [0.05, 0.1) is 6.61 Å². The van der Waals surface area contributed by atoms with Gasteiger partial charge in [-0.25, -0.2) is 0 Å². The van der Waals surface area contributed by atoms with Crippen LogP contribution in [0.25, 0.3) is 0 Å². The van der Waals surface area contributed by atoms with Crippen LogP contribution in [0.2, 0.25) is 0 Å². The summed E-state index contributed by atoms with van der Waals surface area (Å²) in [7, 11) is 0. The molecule has 0 aliphatic heterocycles. The molecule has 0 aliphatic rings. The predicted molar refractivity (Wildman–Crippen MR) is 39.9 cm³/mol. The summed E-state index contributed by atoms with van der Waals surface area (Å²) in [6, 6.07) is -2.52. The highest BCUT2D eigenvalue weighted by Gasteiger charge is 2.14. The molecule has 0 aromatic rings. The van der Waals surface area contributed by atoms with Crippen molar-refractivity contribution < 1.29 is 14.3 Å². The van der Waals surface area contributed by atoms with Crippen molar-refractivity contribution in [2.24, 2.45) is 0 Å². The van der Waals surface area contributed by atoms with Gasteiger partial charge in [-0.15, -0.1) is 0 Å². The van der Waals surface area contributed by atoms with E-state index in [1.54, 1.807) is 0 Å². The minimum atomic E-state index is -1.50. The maximum absolute atomic E-state index is 11.9. The second kappa shape index (κ2) is 6.24. The van der Waals surface area contributed by atoms with Gasteiger partial charge in [-0.1, -0.05) is 13.3 Å². The van der Waals surface area contributed by atoms with Crippen LogP contribution in [0.3, 0.4) is 0 Å².